The quantitative estimate of drug-likeness (QED) is 0.765. The molecule has 1 unspecified atom stereocenters. The summed E-state index contributed by atoms with van der Waals surface area (Å²) in [5.41, 5.74) is 3.42. The highest BCUT2D eigenvalue weighted by Crippen LogP contribution is 2.29. The van der Waals surface area contributed by atoms with Crippen LogP contribution >= 0.6 is 0 Å². The average molecular weight is 348 g/mol. The van der Waals surface area contributed by atoms with Gasteiger partial charge in [0.15, 0.2) is 0 Å². The maximum Gasteiger partial charge on any atom is 0.227 e. The Labute approximate surface area is 151 Å². The Kier molecular flexibility index (Phi) is 4.73. The molecule has 2 heterocycles. The fourth-order valence-corrected chi connectivity index (χ4v) is 3.37. The molecule has 4 rings (SSSR count). The number of nitrogens with zero attached hydrogens (tertiary/aromatic N) is 3. The van der Waals surface area contributed by atoms with Crippen LogP contribution in [0.3, 0.4) is 0 Å². The van der Waals surface area contributed by atoms with Gasteiger partial charge in [-0.15, -0.1) is 0 Å². The maximum atomic E-state index is 12.4. The number of benzene rings is 1. The molecule has 132 valence electrons. The molecule has 1 aliphatic rings. The molecule has 0 spiro atoms. The first-order valence-electron chi connectivity index (χ1n) is 8.90. The lowest BCUT2D eigenvalue weighted by atomic mass is 9.87. The highest BCUT2D eigenvalue weighted by Gasteiger charge is 2.21. The largest absolute Gasteiger partial charge is 0.349 e. The molecule has 1 amide bonds. The van der Waals surface area contributed by atoms with Gasteiger partial charge in [-0.2, -0.15) is 4.98 Å². The lowest BCUT2D eigenvalue weighted by Gasteiger charge is -2.26. The van der Waals surface area contributed by atoms with Gasteiger partial charge in [0.1, 0.15) is 0 Å². The van der Waals surface area contributed by atoms with Crippen LogP contribution in [0.15, 0.2) is 53.3 Å². The van der Waals surface area contributed by atoms with Crippen molar-refractivity contribution in [2.75, 3.05) is 0 Å². The van der Waals surface area contributed by atoms with Crippen molar-refractivity contribution in [2.24, 2.45) is 0 Å². The second-order valence-electron chi connectivity index (χ2n) is 6.46. The van der Waals surface area contributed by atoms with E-state index in [9.17, 15) is 4.79 Å². The Morgan fingerprint density at radius 3 is 2.92 bits per heavy atom. The first-order valence-corrected chi connectivity index (χ1v) is 8.90. The van der Waals surface area contributed by atoms with Gasteiger partial charge >= 0.3 is 0 Å². The molecule has 1 atom stereocenters. The second kappa shape index (κ2) is 7.47. The van der Waals surface area contributed by atoms with Gasteiger partial charge in [-0.25, -0.2) is 0 Å². The number of pyridine rings is 1. The predicted octanol–water partition coefficient (Wildman–Crippen LogP) is 3.26. The van der Waals surface area contributed by atoms with E-state index in [0.717, 1.165) is 24.8 Å². The standard InChI is InChI=1S/C20H20N4O2/c25-18(22-17-7-3-5-14-4-1-2-6-16(14)17)8-9-19-23-20(24-26-19)15-10-12-21-13-11-15/h1-2,4,6,10-13,17H,3,5,7-9H2,(H,22,25). The summed E-state index contributed by atoms with van der Waals surface area (Å²) in [4.78, 5) is 20.7. The van der Waals surface area contributed by atoms with E-state index in [-0.39, 0.29) is 11.9 Å². The number of carbonyl (C=O) groups excluding carboxylic acids is 1. The minimum absolute atomic E-state index is 0.00960. The van der Waals surface area contributed by atoms with Crippen LogP contribution in [-0.2, 0) is 17.6 Å². The molecule has 1 aromatic carbocycles. The Bertz CT molecular complexity index is 892. The molecule has 0 saturated heterocycles. The molecule has 3 aromatic rings. The Morgan fingerprint density at radius 1 is 1.19 bits per heavy atom. The first kappa shape index (κ1) is 16.4. The van der Waals surface area contributed by atoms with Crippen molar-refractivity contribution in [3.05, 3.63) is 65.8 Å². The molecule has 0 radical (unpaired) electrons. The van der Waals surface area contributed by atoms with E-state index >= 15 is 0 Å². The van der Waals surface area contributed by atoms with E-state index in [4.69, 9.17) is 4.52 Å². The number of nitrogens with one attached hydrogen (secondary N) is 1. The van der Waals surface area contributed by atoms with Gasteiger partial charge in [-0.05, 0) is 42.5 Å². The predicted molar refractivity (Wildman–Crippen MR) is 96.1 cm³/mol. The normalized spacial score (nSPS) is 16.1. The van der Waals surface area contributed by atoms with Crippen LogP contribution in [-0.4, -0.2) is 21.0 Å². The van der Waals surface area contributed by atoms with Crippen LogP contribution in [0.1, 0.15) is 42.3 Å². The van der Waals surface area contributed by atoms with Crippen LogP contribution in [0.25, 0.3) is 11.4 Å². The molecule has 6 heteroatoms. The van der Waals surface area contributed by atoms with Crippen molar-refractivity contribution in [1.29, 1.82) is 0 Å². The lowest BCUT2D eigenvalue weighted by Crippen LogP contribution is -2.31. The molecule has 1 aliphatic carbocycles. The first-order chi connectivity index (χ1) is 12.8. The molecule has 2 aromatic heterocycles. The third-order valence-electron chi connectivity index (χ3n) is 4.68. The fraction of sp³-hybridized carbons (Fsp3) is 0.300. The van der Waals surface area contributed by atoms with Crippen LogP contribution in [0.5, 0.6) is 0 Å². The summed E-state index contributed by atoms with van der Waals surface area (Å²) in [6.07, 6.45) is 7.29. The molecule has 1 N–H and O–H groups in total. The molecular weight excluding hydrogens is 328 g/mol. The molecule has 0 fully saturated rings. The third kappa shape index (κ3) is 3.64. The highest BCUT2D eigenvalue weighted by atomic mass is 16.5. The van der Waals surface area contributed by atoms with Crippen molar-refractivity contribution < 1.29 is 9.32 Å². The van der Waals surface area contributed by atoms with E-state index in [2.05, 4.69) is 38.6 Å². The molecular formula is C20H20N4O2. The summed E-state index contributed by atoms with van der Waals surface area (Å²) >= 11 is 0. The van der Waals surface area contributed by atoms with Crippen LogP contribution in [0.2, 0.25) is 0 Å². The minimum Gasteiger partial charge on any atom is -0.349 e. The summed E-state index contributed by atoms with van der Waals surface area (Å²) in [7, 11) is 0. The van der Waals surface area contributed by atoms with Gasteiger partial charge in [-0.1, -0.05) is 29.4 Å². The van der Waals surface area contributed by atoms with Crippen LogP contribution in [0, 0.1) is 0 Å². The minimum atomic E-state index is 0.00960. The van der Waals surface area contributed by atoms with Crippen LogP contribution in [0.4, 0.5) is 0 Å². The van der Waals surface area contributed by atoms with Gasteiger partial charge in [0, 0.05) is 30.8 Å². The van der Waals surface area contributed by atoms with Gasteiger partial charge in [-0.3, -0.25) is 9.78 Å². The zero-order chi connectivity index (χ0) is 17.8. The van der Waals surface area contributed by atoms with Crippen molar-refractivity contribution in [3.63, 3.8) is 0 Å². The van der Waals surface area contributed by atoms with E-state index in [0.29, 0.717) is 24.6 Å². The van der Waals surface area contributed by atoms with E-state index in [1.807, 2.05) is 18.2 Å². The van der Waals surface area contributed by atoms with Crippen molar-refractivity contribution in [2.45, 2.75) is 38.1 Å². The lowest BCUT2D eigenvalue weighted by molar-refractivity contribution is -0.122. The number of rotatable bonds is 5. The number of carbonyl (C=O) groups is 1. The number of aromatic nitrogens is 3. The van der Waals surface area contributed by atoms with E-state index < -0.39 is 0 Å². The Hall–Kier alpha value is -3.02. The Morgan fingerprint density at radius 2 is 2.04 bits per heavy atom. The van der Waals surface area contributed by atoms with E-state index in [1.54, 1.807) is 12.4 Å². The number of hydrogen-bond donors (Lipinski definition) is 1. The topological polar surface area (TPSA) is 80.9 Å². The number of aryl methyl sites for hydroxylation is 2. The number of hydrogen-bond acceptors (Lipinski definition) is 5. The van der Waals surface area contributed by atoms with Crippen molar-refractivity contribution in [1.82, 2.24) is 20.4 Å². The van der Waals surface area contributed by atoms with Crippen molar-refractivity contribution in [3.8, 4) is 11.4 Å². The van der Waals surface area contributed by atoms with Gasteiger partial charge in [0.05, 0.1) is 6.04 Å². The second-order valence-corrected chi connectivity index (χ2v) is 6.46. The maximum absolute atomic E-state index is 12.4. The van der Waals surface area contributed by atoms with Gasteiger partial charge < -0.3 is 9.84 Å². The molecule has 0 bridgehead atoms. The van der Waals surface area contributed by atoms with Crippen molar-refractivity contribution >= 4 is 5.91 Å². The smallest absolute Gasteiger partial charge is 0.227 e. The Balaban J connectivity index is 1.35. The monoisotopic (exact) mass is 348 g/mol. The summed E-state index contributed by atoms with van der Waals surface area (Å²) in [6.45, 7) is 0. The fourth-order valence-electron chi connectivity index (χ4n) is 3.37. The van der Waals surface area contributed by atoms with Crippen LogP contribution < -0.4 is 5.32 Å². The van der Waals surface area contributed by atoms with E-state index in [1.165, 1.54) is 11.1 Å². The summed E-state index contributed by atoms with van der Waals surface area (Å²) in [5.74, 6) is 0.996. The summed E-state index contributed by atoms with van der Waals surface area (Å²) in [6, 6.07) is 12.1. The molecule has 0 saturated carbocycles. The number of amides is 1. The van der Waals surface area contributed by atoms with Gasteiger partial charge in [0.25, 0.3) is 0 Å². The zero-order valence-electron chi connectivity index (χ0n) is 14.4. The van der Waals surface area contributed by atoms with Gasteiger partial charge in [0.2, 0.25) is 17.6 Å². The highest BCUT2D eigenvalue weighted by molar-refractivity contribution is 5.76. The molecule has 6 nitrogen and oxygen atoms in total. The average Bonchev–Trinajstić information content (AvgIpc) is 3.17. The third-order valence-corrected chi connectivity index (χ3v) is 4.68. The molecule has 0 aliphatic heterocycles. The summed E-state index contributed by atoms with van der Waals surface area (Å²) < 4.78 is 5.25. The summed E-state index contributed by atoms with van der Waals surface area (Å²) in [5, 5.41) is 7.11. The zero-order valence-corrected chi connectivity index (χ0v) is 14.4. The number of fused-ring (bicyclic) bond motifs is 1. The molecule has 26 heavy (non-hydrogen) atoms. The SMILES string of the molecule is O=C(CCc1nc(-c2ccncc2)no1)NC1CCCc2ccccc21.